The third-order valence-electron chi connectivity index (χ3n) is 4.24. The summed E-state index contributed by atoms with van der Waals surface area (Å²) in [6.45, 7) is 6.88. The molecule has 98 valence electrons. The molecule has 0 N–H and O–H groups in total. The van der Waals surface area contributed by atoms with E-state index in [2.05, 4.69) is 32.9 Å². The maximum atomic E-state index is 5.81. The summed E-state index contributed by atoms with van der Waals surface area (Å²) in [5.41, 5.74) is 0.342. The predicted molar refractivity (Wildman–Crippen MR) is 74.9 cm³/mol. The Kier molecular flexibility index (Phi) is 6.39. The number of hydrogen-bond donors (Lipinski definition) is 0. The zero-order chi connectivity index (χ0) is 12.6. The van der Waals surface area contributed by atoms with Crippen molar-refractivity contribution in [3.8, 4) is 0 Å². The summed E-state index contributed by atoms with van der Waals surface area (Å²) in [6, 6.07) is 0. The van der Waals surface area contributed by atoms with Crippen molar-refractivity contribution in [1.29, 1.82) is 0 Å². The molecule has 0 fully saturated rings. The minimum Gasteiger partial charge on any atom is -0.493 e. The molecule has 1 heteroatoms. The van der Waals surface area contributed by atoms with Gasteiger partial charge in [0, 0.05) is 5.41 Å². The number of hydrogen-bond acceptors (Lipinski definition) is 1. The number of rotatable bonds is 8. The standard InChI is InChI=1S/C16H28O/c1-4-7-8-10-13-16(5-2,6-3)15-12-9-11-14-17-15/h9,11-12,14-15H,4-8,10,13H2,1-3H3. The summed E-state index contributed by atoms with van der Waals surface area (Å²) in [5.74, 6) is 0. The van der Waals surface area contributed by atoms with Crippen molar-refractivity contribution in [2.45, 2.75) is 71.8 Å². The van der Waals surface area contributed by atoms with Gasteiger partial charge in [0.25, 0.3) is 0 Å². The average Bonchev–Trinajstić information content (AvgIpc) is 2.41. The monoisotopic (exact) mass is 236 g/mol. The first-order chi connectivity index (χ1) is 8.29. The molecular weight excluding hydrogens is 208 g/mol. The van der Waals surface area contributed by atoms with Gasteiger partial charge in [0.1, 0.15) is 6.10 Å². The molecule has 0 saturated heterocycles. The van der Waals surface area contributed by atoms with E-state index in [-0.39, 0.29) is 6.10 Å². The van der Waals surface area contributed by atoms with Gasteiger partial charge in [-0.1, -0.05) is 52.5 Å². The molecule has 0 aromatic rings. The van der Waals surface area contributed by atoms with E-state index in [1.54, 1.807) is 0 Å². The van der Waals surface area contributed by atoms with E-state index in [1.165, 1.54) is 44.9 Å². The van der Waals surface area contributed by atoms with Crippen molar-refractivity contribution in [3.63, 3.8) is 0 Å². The van der Waals surface area contributed by atoms with E-state index in [0.29, 0.717) is 5.41 Å². The molecule has 0 amide bonds. The maximum absolute atomic E-state index is 5.81. The Balaban J connectivity index is 2.54. The highest BCUT2D eigenvalue weighted by molar-refractivity contribution is 5.11. The van der Waals surface area contributed by atoms with Gasteiger partial charge in [-0.3, -0.25) is 0 Å². The van der Waals surface area contributed by atoms with E-state index in [0.717, 1.165) is 0 Å². The normalized spacial score (nSPS) is 19.4. The number of allylic oxidation sites excluding steroid dienone is 2. The summed E-state index contributed by atoms with van der Waals surface area (Å²) in [7, 11) is 0. The Bertz CT molecular complexity index is 248. The second kappa shape index (κ2) is 7.58. The molecule has 1 unspecified atom stereocenters. The fourth-order valence-electron chi connectivity index (χ4n) is 2.79. The van der Waals surface area contributed by atoms with Crippen LogP contribution in [0, 0.1) is 5.41 Å². The van der Waals surface area contributed by atoms with E-state index in [1.807, 2.05) is 12.3 Å². The van der Waals surface area contributed by atoms with Crippen LogP contribution in [0.15, 0.2) is 24.5 Å². The molecule has 1 atom stereocenters. The highest BCUT2D eigenvalue weighted by atomic mass is 16.5. The predicted octanol–water partition coefficient (Wildman–Crippen LogP) is 5.23. The van der Waals surface area contributed by atoms with Crippen molar-refractivity contribution in [2.75, 3.05) is 0 Å². The summed E-state index contributed by atoms with van der Waals surface area (Å²) in [5, 5.41) is 0. The highest BCUT2D eigenvalue weighted by Crippen LogP contribution is 2.39. The lowest BCUT2D eigenvalue weighted by molar-refractivity contribution is 0.0283. The van der Waals surface area contributed by atoms with Crippen LogP contribution in [-0.2, 0) is 4.74 Å². The summed E-state index contributed by atoms with van der Waals surface area (Å²) in [6.07, 6.45) is 17.5. The van der Waals surface area contributed by atoms with Crippen molar-refractivity contribution >= 4 is 0 Å². The van der Waals surface area contributed by atoms with Crippen molar-refractivity contribution in [2.24, 2.45) is 5.41 Å². The molecular formula is C16H28O. The second-order valence-electron chi connectivity index (χ2n) is 5.15. The fourth-order valence-corrected chi connectivity index (χ4v) is 2.79. The fraction of sp³-hybridized carbons (Fsp3) is 0.750. The van der Waals surface area contributed by atoms with Crippen LogP contribution in [0.5, 0.6) is 0 Å². The van der Waals surface area contributed by atoms with Gasteiger partial charge in [-0.25, -0.2) is 0 Å². The van der Waals surface area contributed by atoms with Gasteiger partial charge in [0.2, 0.25) is 0 Å². The SMILES string of the molecule is CCCCCCC(CC)(CC)C1C=CC=CO1. The molecule has 0 aromatic carbocycles. The van der Waals surface area contributed by atoms with Gasteiger partial charge in [-0.05, 0) is 31.4 Å². The lowest BCUT2D eigenvalue weighted by Crippen LogP contribution is -2.34. The second-order valence-corrected chi connectivity index (χ2v) is 5.15. The van der Waals surface area contributed by atoms with Crippen LogP contribution in [0.1, 0.15) is 65.7 Å². The molecule has 17 heavy (non-hydrogen) atoms. The lowest BCUT2D eigenvalue weighted by atomic mass is 9.72. The summed E-state index contributed by atoms with van der Waals surface area (Å²) < 4.78 is 5.81. The first-order valence-electron chi connectivity index (χ1n) is 7.28. The molecule has 1 aliphatic rings. The highest BCUT2D eigenvalue weighted by Gasteiger charge is 2.35. The Morgan fingerprint density at radius 1 is 1.00 bits per heavy atom. The van der Waals surface area contributed by atoms with E-state index >= 15 is 0 Å². The van der Waals surface area contributed by atoms with Crippen molar-refractivity contribution in [3.05, 3.63) is 24.5 Å². The molecule has 1 nitrogen and oxygen atoms in total. The van der Waals surface area contributed by atoms with E-state index in [4.69, 9.17) is 4.74 Å². The first-order valence-corrected chi connectivity index (χ1v) is 7.28. The van der Waals surface area contributed by atoms with Crippen molar-refractivity contribution < 1.29 is 4.74 Å². The smallest absolute Gasteiger partial charge is 0.122 e. The van der Waals surface area contributed by atoms with Gasteiger partial charge < -0.3 is 4.74 Å². The largest absolute Gasteiger partial charge is 0.493 e. The molecule has 1 heterocycles. The molecule has 1 aliphatic heterocycles. The van der Waals surface area contributed by atoms with Crippen molar-refractivity contribution in [1.82, 2.24) is 0 Å². The van der Waals surface area contributed by atoms with Crippen LogP contribution in [0.2, 0.25) is 0 Å². The quantitative estimate of drug-likeness (QED) is 0.524. The Morgan fingerprint density at radius 2 is 1.76 bits per heavy atom. The lowest BCUT2D eigenvalue weighted by Gasteiger charge is -2.38. The first kappa shape index (κ1) is 14.3. The summed E-state index contributed by atoms with van der Waals surface area (Å²) >= 11 is 0. The molecule has 0 aliphatic carbocycles. The molecule has 0 aromatic heterocycles. The third-order valence-corrected chi connectivity index (χ3v) is 4.24. The van der Waals surface area contributed by atoms with E-state index in [9.17, 15) is 0 Å². The van der Waals surface area contributed by atoms with Crippen LogP contribution < -0.4 is 0 Å². The maximum Gasteiger partial charge on any atom is 0.122 e. The molecule has 0 radical (unpaired) electrons. The van der Waals surface area contributed by atoms with Crippen LogP contribution >= 0.6 is 0 Å². The van der Waals surface area contributed by atoms with Crippen LogP contribution in [-0.4, -0.2) is 6.10 Å². The number of unbranched alkanes of at least 4 members (excludes halogenated alkanes) is 3. The Labute approximate surface area is 107 Å². The molecule has 0 spiro atoms. The topological polar surface area (TPSA) is 9.23 Å². The number of ether oxygens (including phenoxy) is 1. The van der Waals surface area contributed by atoms with Crippen LogP contribution in [0.25, 0.3) is 0 Å². The van der Waals surface area contributed by atoms with Gasteiger partial charge >= 0.3 is 0 Å². The average molecular weight is 236 g/mol. The molecule has 0 saturated carbocycles. The molecule has 0 bridgehead atoms. The zero-order valence-corrected chi connectivity index (χ0v) is 11.7. The van der Waals surface area contributed by atoms with Gasteiger partial charge in [-0.2, -0.15) is 0 Å². The summed E-state index contributed by atoms with van der Waals surface area (Å²) in [4.78, 5) is 0. The minimum absolute atomic E-state index is 0.282. The van der Waals surface area contributed by atoms with Crippen LogP contribution in [0.3, 0.4) is 0 Å². The van der Waals surface area contributed by atoms with Crippen LogP contribution in [0.4, 0.5) is 0 Å². The Hall–Kier alpha value is -0.720. The van der Waals surface area contributed by atoms with E-state index < -0.39 is 0 Å². The van der Waals surface area contributed by atoms with Gasteiger partial charge in [-0.15, -0.1) is 0 Å². The van der Waals surface area contributed by atoms with Gasteiger partial charge in [0.05, 0.1) is 6.26 Å². The molecule has 1 rings (SSSR count). The Morgan fingerprint density at radius 3 is 2.29 bits per heavy atom. The zero-order valence-electron chi connectivity index (χ0n) is 11.7. The van der Waals surface area contributed by atoms with Gasteiger partial charge in [0.15, 0.2) is 0 Å². The minimum atomic E-state index is 0.282. The third kappa shape index (κ3) is 3.90.